The van der Waals surface area contributed by atoms with Crippen LogP contribution in [-0.4, -0.2) is 30.3 Å². The van der Waals surface area contributed by atoms with Crippen molar-refractivity contribution in [3.8, 4) is 11.8 Å². The summed E-state index contributed by atoms with van der Waals surface area (Å²) in [6.45, 7) is 2.51. The second-order valence-corrected chi connectivity index (χ2v) is 5.25. The number of carbonyl (C=O) groups is 1. The molecule has 1 aliphatic rings. The molecule has 4 nitrogen and oxygen atoms in total. The van der Waals surface area contributed by atoms with Crippen LogP contribution in [0.4, 0.5) is 5.69 Å². The van der Waals surface area contributed by atoms with Crippen molar-refractivity contribution in [2.45, 2.75) is 38.7 Å². The van der Waals surface area contributed by atoms with Gasteiger partial charge in [0.1, 0.15) is 6.61 Å². The highest BCUT2D eigenvalue weighted by molar-refractivity contribution is 5.92. The van der Waals surface area contributed by atoms with Crippen LogP contribution in [0.5, 0.6) is 0 Å². The molecule has 1 fully saturated rings. The molecular weight excluding hydrogens is 266 g/mol. The molecule has 1 heterocycles. The standard InChI is InChI=1S/C17H21NO3/c1-13-7-8-14(5-4-9-19)16(11-13)18-17(20)12-15-6-2-3-10-21-15/h7-8,11,15,19H,2-3,6,9-10,12H2,1H3,(H,18,20). The van der Waals surface area contributed by atoms with E-state index in [9.17, 15) is 4.79 Å². The van der Waals surface area contributed by atoms with E-state index < -0.39 is 0 Å². The molecule has 4 heteroatoms. The molecule has 1 amide bonds. The van der Waals surface area contributed by atoms with E-state index in [1.54, 1.807) is 0 Å². The molecular formula is C17H21NO3. The number of hydrogen-bond acceptors (Lipinski definition) is 3. The fourth-order valence-electron chi connectivity index (χ4n) is 2.38. The van der Waals surface area contributed by atoms with Gasteiger partial charge in [-0.2, -0.15) is 0 Å². The van der Waals surface area contributed by atoms with Crippen LogP contribution in [0.1, 0.15) is 36.8 Å². The van der Waals surface area contributed by atoms with Gasteiger partial charge in [-0.3, -0.25) is 4.79 Å². The lowest BCUT2D eigenvalue weighted by Gasteiger charge is -2.22. The maximum atomic E-state index is 12.1. The van der Waals surface area contributed by atoms with Gasteiger partial charge in [0, 0.05) is 12.2 Å². The van der Waals surface area contributed by atoms with Gasteiger partial charge < -0.3 is 15.2 Å². The van der Waals surface area contributed by atoms with Gasteiger partial charge in [0.2, 0.25) is 5.91 Å². The zero-order chi connectivity index (χ0) is 15.1. The van der Waals surface area contributed by atoms with Crippen molar-refractivity contribution < 1.29 is 14.6 Å². The van der Waals surface area contributed by atoms with Gasteiger partial charge in [-0.05, 0) is 43.9 Å². The number of aliphatic hydroxyl groups is 1. The molecule has 0 aromatic heterocycles. The Morgan fingerprint density at radius 3 is 3.05 bits per heavy atom. The predicted molar refractivity (Wildman–Crippen MR) is 82.0 cm³/mol. The Kier molecular flexibility index (Phi) is 5.79. The third-order valence-electron chi connectivity index (χ3n) is 3.44. The molecule has 21 heavy (non-hydrogen) atoms. The average molecular weight is 287 g/mol. The van der Waals surface area contributed by atoms with Crippen molar-refractivity contribution in [3.63, 3.8) is 0 Å². The fourth-order valence-corrected chi connectivity index (χ4v) is 2.38. The number of carbonyl (C=O) groups excluding carboxylic acids is 1. The van der Waals surface area contributed by atoms with Crippen molar-refractivity contribution in [2.24, 2.45) is 0 Å². The van der Waals surface area contributed by atoms with Crippen LogP contribution in [0.2, 0.25) is 0 Å². The molecule has 1 aromatic rings. The maximum Gasteiger partial charge on any atom is 0.227 e. The second-order valence-electron chi connectivity index (χ2n) is 5.25. The number of rotatable bonds is 3. The molecule has 1 unspecified atom stereocenters. The minimum atomic E-state index is -0.197. The molecule has 1 saturated heterocycles. The summed E-state index contributed by atoms with van der Waals surface area (Å²) in [6, 6.07) is 5.67. The number of benzene rings is 1. The second kappa shape index (κ2) is 7.82. The average Bonchev–Trinajstić information content (AvgIpc) is 2.47. The van der Waals surface area contributed by atoms with Crippen molar-refractivity contribution in [2.75, 3.05) is 18.5 Å². The van der Waals surface area contributed by atoms with Crippen LogP contribution >= 0.6 is 0 Å². The predicted octanol–water partition coefficient (Wildman–Crippen LogP) is 2.24. The quantitative estimate of drug-likeness (QED) is 0.838. The Labute approximate surface area is 125 Å². The maximum absolute atomic E-state index is 12.1. The lowest BCUT2D eigenvalue weighted by Crippen LogP contribution is -2.25. The monoisotopic (exact) mass is 287 g/mol. The SMILES string of the molecule is Cc1ccc(C#CCO)c(NC(=O)CC2CCCCO2)c1. The van der Waals surface area contributed by atoms with E-state index in [1.165, 1.54) is 0 Å². The third-order valence-corrected chi connectivity index (χ3v) is 3.44. The first kappa shape index (κ1) is 15.6. The van der Waals surface area contributed by atoms with Crippen molar-refractivity contribution in [3.05, 3.63) is 29.3 Å². The van der Waals surface area contributed by atoms with Gasteiger partial charge in [0.05, 0.1) is 18.2 Å². The number of nitrogens with one attached hydrogen (secondary N) is 1. The molecule has 1 aromatic carbocycles. The molecule has 1 atom stereocenters. The molecule has 0 saturated carbocycles. The largest absolute Gasteiger partial charge is 0.384 e. The van der Waals surface area contributed by atoms with Crippen molar-refractivity contribution >= 4 is 11.6 Å². The highest BCUT2D eigenvalue weighted by Crippen LogP contribution is 2.19. The van der Waals surface area contributed by atoms with Crippen LogP contribution in [-0.2, 0) is 9.53 Å². The zero-order valence-electron chi connectivity index (χ0n) is 12.3. The Bertz CT molecular complexity index is 551. The molecule has 1 aliphatic heterocycles. The summed E-state index contributed by atoms with van der Waals surface area (Å²) >= 11 is 0. The van der Waals surface area contributed by atoms with Crippen LogP contribution in [0.15, 0.2) is 18.2 Å². The summed E-state index contributed by atoms with van der Waals surface area (Å²) in [6.07, 6.45) is 3.54. The molecule has 2 N–H and O–H groups in total. The van der Waals surface area contributed by atoms with Gasteiger partial charge in [-0.15, -0.1) is 0 Å². The van der Waals surface area contributed by atoms with Crippen LogP contribution in [0, 0.1) is 18.8 Å². The number of aryl methyl sites for hydroxylation is 1. The summed E-state index contributed by atoms with van der Waals surface area (Å²) in [4.78, 5) is 12.1. The summed E-state index contributed by atoms with van der Waals surface area (Å²) in [5.74, 6) is 5.41. The Hall–Kier alpha value is -1.83. The van der Waals surface area contributed by atoms with Crippen molar-refractivity contribution in [1.29, 1.82) is 0 Å². The van der Waals surface area contributed by atoms with E-state index in [1.807, 2.05) is 25.1 Å². The molecule has 0 spiro atoms. The van der Waals surface area contributed by atoms with E-state index in [0.29, 0.717) is 17.7 Å². The Morgan fingerprint density at radius 1 is 1.48 bits per heavy atom. The van der Waals surface area contributed by atoms with Crippen LogP contribution in [0.3, 0.4) is 0 Å². The molecule has 2 rings (SSSR count). The normalized spacial score (nSPS) is 17.7. The molecule has 0 radical (unpaired) electrons. The number of aliphatic hydroxyl groups excluding tert-OH is 1. The first-order chi connectivity index (χ1) is 10.2. The van der Waals surface area contributed by atoms with Gasteiger partial charge in [-0.25, -0.2) is 0 Å². The van der Waals surface area contributed by atoms with E-state index in [2.05, 4.69) is 17.2 Å². The Balaban J connectivity index is 2.03. The summed E-state index contributed by atoms with van der Waals surface area (Å²) in [5, 5.41) is 11.7. The number of amides is 1. The van der Waals surface area contributed by atoms with Gasteiger partial charge in [0.25, 0.3) is 0 Å². The smallest absolute Gasteiger partial charge is 0.227 e. The molecule has 0 bridgehead atoms. The highest BCUT2D eigenvalue weighted by atomic mass is 16.5. The third kappa shape index (κ3) is 4.89. The first-order valence-corrected chi connectivity index (χ1v) is 7.31. The van der Waals surface area contributed by atoms with E-state index >= 15 is 0 Å². The highest BCUT2D eigenvalue weighted by Gasteiger charge is 2.18. The molecule has 112 valence electrons. The number of hydrogen-bond donors (Lipinski definition) is 2. The number of ether oxygens (including phenoxy) is 1. The summed E-state index contributed by atoms with van der Waals surface area (Å²) in [5.41, 5.74) is 2.46. The van der Waals surface area contributed by atoms with Crippen LogP contribution < -0.4 is 5.32 Å². The van der Waals surface area contributed by atoms with E-state index in [4.69, 9.17) is 9.84 Å². The topological polar surface area (TPSA) is 58.6 Å². The Morgan fingerprint density at radius 2 is 2.33 bits per heavy atom. The molecule has 0 aliphatic carbocycles. The van der Waals surface area contributed by atoms with Crippen LogP contribution in [0.25, 0.3) is 0 Å². The van der Waals surface area contributed by atoms with Gasteiger partial charge in [-0.1, -0.05) is 17.9 Å². The minimum absolute atomic E-state index is 0.0236. The summed E-state index contributed by atoms with van der Waals surface area (Å²) < 4.78 is 5.58. The van der Waals surface area contributed by atoms with Crippen molar-refractivity contribution in [1.82, 2.24) is 0 Å². The van der Waals surface area contributed by atoms with Gasteiger partial charge >= 0.3 is 0 Å². The lowest BCUT2D eigenvalue weighted by molar-refractivity contribution is -0.119. The number of anilines is 1. The zero-order valence-corrected chi connectivity index (χ0v) is 12.3. The van der Waals surface area contributed by atoms with E-state index in [-0.39, 0.29) is 18.6 Å². The summed E-state index contributed by atoms with van der Waals surface area (Å²) in [7, 11) is 0. The van der Waals surface area contributed by atoms with E-state index in [0.717, 1.165) is 31.4 Å². The first-order valence-electron chi connectivity index (χ1n) is 7.31. The fraction of sp³-hybridized carbons (Fsp3) is 0.471. The lowest BCUT2D eigenvalue weighted by atomic mass is 10.1. The minimum Gasteiger partial charge on any atom is -0.384 e. The van der Waals surface area contributed by atoms with Gasteiger partial charge in [0.15, 0.2) is 0 Å².